The molecule has 19 heavy (non-hydrogen) atoms. The highest BCUT2D eigenvalue weighted by atomic mass is 19.1. The van der Waals surface area contributed by atoms with Crippen LogP contribution in [0.25, 0.3) is 0 Å². The standard InChI is InChI=1S/C16H21FO2/c1-10-7-8-13(9-11(10)2)19-15-6-4-5-14(17)16(15)12(3)18/h4-6,10-11,13H,7-9H2,1-3H3. The summed E-state index contributed by atoms with van der Waals surface area (Å²) in [6.45, 7) is 5.85. The smallest absolute Gasteiger partial charge is 0.166 e. The molecule has 0 spiro atoms. The van der Waals surface area contributed by atoms with Crippen molar-refractivity contribution in [2.24, 2.45) is 11.8 Å². The molecule has 0 saturated heterocycles. The Morgan fingerprint density at radius 2 is 2.00 bits per heavy atom. The number of rotatable bonds is 3. The third-order valence-electron chi connectivity index (χ3n) is 4.17. The molecule has 1 fully saturated rings. The largest absolute Gasteiger partial charge is 0.490 e. The van der Waals surface area contributed by atoms with Crippen LogP contribution in [-0.2, 0) is 0 Å². The number of carbonyl (C=O) groups is 1. The zero-order valence-electron chi connectivity index (χ0n) is 11.8. The maximum atomic E-state index is 13.7. The van der Waals surface area contributed by atoms with Crippen LogP contribution in [0.1, 0.15) is 50.4 Å². The maximum absolute atomic E-state index is 13.7. The molecule has 0 heterocycles. The van der Waals surface area contributed by atoms with Crippen molar-refractivity contribution in [2.75, 3.05) is 0 Å². The first-order valence-corrected chi connectivity index (χ1v) is 6.95. The van der Waals surface area contributed by atoms with Crippen LogP contribution < -0.4 is 4.74 Å². The van der Waals surface area contributed by atoms with Crippen LogP contribution >= 0.6 is 0 Å². The molecule has 3 heteroatoms. The molecule has 0 radical (unpaired) electrons. The van der Waals surface area contributed by atoms with Crippen molar-refractivity contribution in [1.82, 2.24) is 0 Å². The number of halogens is 1. The Morgan fingerprint density at radius 1 is 1.26 bits per heavy atom. The Kier molecular flexibility index (Phi) is 4.23. The van der Waals surface area contributed by atoms with E-state index in [4.69, 9.17) is 4.74 Å². The molecule has 1 aliphatic rings. The minimum atomic E-state index is -0.498. The molecule has 1 aliphatic carbocycles. The van der Waals surface area contributed by atoms with Gasteiger partial charge in [-0.25, -0.2) is 4.39 Å². The normalized spacial score (nSPS) is 27.1. The molecule has 1 saturated carbocycles. The minimum Gasteiger partial charge on any atom is -0.490 e. The van der Waals surface area contributed by atoms with Gasteiger partial charge in [0.2, 0.25) is 0 Å². The van der Waals surface area contributed by atoms with E-state index in [-0.39, 0.29) is 17.5 Å². The lowest BCUT2D eigenvalue weighted by molar-refractivity contribution is 0.0933. The molecular weight excluding hydrogens is 243 g/mol. The number of ketones is 1. The highest BCUT2D eigenvalue weighted by molar-refractivity contribution is 5.97. The zero-order chi connectivity index (χ0) is 14.0. The summed E-state index contributed by atoms with van der Waals surface area (Å²) in [4.78, 5) is 11.5. The van der Waals surface area contributed by atoms with Gasteiger partial charge < -0.3 is 4.74 Å². The lowest BCUT2D eigenvalue weighted by Crippen LogP contribution is -2.29. The van der Waals surface area contributed by atoms with E-state index < -0.39 is 5.82 Å². The van der Waals surface area contributed by atoms with E-state index in [9.17, 15) is 9.18 Å². The van der Waals surface area contributed by atoms with Crippen LogP contribution in [0.3, 0.4) is 0 Å². The summed E-state index contributed by atoms with van der Waals surface area (Å²) in [6, 6.07) is 4.57. The number of ether oxygens (including phenoxy) is 1. The van der Waals surface area contributed by atoms with Gasteiger partial charge in [0, 0.05) is 0 Å². The molecule has 1 aromatic carbocycles. The van der Waals surface area contributed by atoms with Gasteiger partial charge in [0.1, 0.15) is 11.6 Å². The molecule has 0 aromatic heterocycles. The van der Waals surface area contributed by atoms with Crippen molar-refractivity contribution in [3.05, 3.63) is 29.6 Å². The molecule has 3 atom stereocenters. The fourth-order valence-corrected chi connectivity index (χ4v) is 2.73. The molecule has 104 valence electrons. The highest BCUT2D eigenvalue weighted by Crippen LogP contribution is 2.33. The molecular formula is C16H21FO2. The molecule has 1 aromatic rings. The fraction of sp³-hybridized carbons (Fsp3) is 0.562. The number of hydrogen-bond donors (Lipinski definition) is 0. The van der Waals surface area contributed by atoms with E-state index in [1.165, 1.54) is 13.0 Å². The average Bonchev–Trinajstić information content (AvgIpc) is 2.33. The predicted molar refractivity (Wildman–Crippen MR) is 73.0 cm³/mol. The van der Waals surface area contributed by atoms with Gasteiger partial charge in [0.05, 0.1) is 11.7 Å². The van der Waals surface area contributed by atoms with Crippen LogP contribution in [0.15, 0.2) is 18.2 Å². The molecule has 2 rings (SSSR count). The second-order valence-corrected chi connectivity index (χ2v) is 5.68. The first kappa shape index (κ1) is 14.0. The molecule has 0 N–H and O–H groups in total. The SMILES string of the molecule is CC(=O)c1c(F)cccc1OC1CCC(C)C(C)C1. The third-order valence-corrected chi connectivity index (χ3v) is 4.17. The van der Waals surface area contributed by atoms with Crippen LogP contribution in [-0.4, -0.2) is 11.9 Å². The lowest BCUT2D eigenvalue weighted by atomic mass is 9.80. The Morgan fingerprint density at radius 3 is 2.63 bits per heavy atom. The molecule has 3 unspecified atom stereocenters. The van der Waals surface area contributed by atoms with E-state index in [0.717, 1.165) is 19.3 Å². The molecule has 2 nitrogen and oxygen atoms in total. The van der Waals surface area contributed by atoms with Gasteiger partial charge in [-0.3, -0.25) is 4.79 Å². The van der Waals surface area contributed by atoms with Crippen molar-refractivity contribution < 1.29 is 13.9 Å². The Balaban J connectivity index is 2.15. The minimum absolute atomic E-state index is 0.0776. The monoisotopic (exact) mass is 264 g/mol. The molecule has 0 bridgehead atoms. The lowest BCUT2D eigenvalue weighted by Gasteiger charge is -2.32. The van der Waals surface area contributed by atoms with Crippen LogP contribution in [0.5, 0.6) is 5.75 Å². The second-order valence-electron chi connectivity index (χ2n) is 5.68. The van der Waals surface area contributed by atoms with E-state index in [0.29, 0.717) is 17.6 Å². The Hall–Kier alpha value is -1.38. The fourth-order valence-electron chi connectivity index (χ4n) is 2.73. The summed E-state index contributed by atoms with van der Waals surface area (Å²) in [7, 11) is 0. The van der Waals surface area contributed by atoms with Gasteiger partial charge in [-0.05, 0) is 50.2 Å². The van der Waals surface area contributed by atoms with Gasteiger partial charge in [0.15, 0.2) is 5.78 Å². The topological polar surface area (TPSA) is 26.3 Å². The summed E-state index contributed by atoms with van der Waals surface area (Å²) in [6.07, 6.45) is 3.15. The summed E-state index contributed by atoms with van der Waals surface area (Å²) in [5, 5.41) is 0. The second kappa shape index (κ2) is 5.72. The van der Waals surface area contributed by atoms with Crippen LogP contribution in [0.2, 0.25) is 0 Å². The summed E-state index contributed by atoms with van der Waals surface area (Å²) >= 11 is 0. The van der Waals surface area contributed by atoms with Gasteiger partial charge in [0.25, 0.3) is 0 Å². The quantitative estimate of drug-likeness (QED) is 0.764. The molecule has 0 amide bonds. The summed E-state index contributed by atoms with van der Waals surface area (Å²) in [5.41, 5.74) is 0.0776. The van der Waals surface area contributed by atoms with Crippen molar-refractivity contribution in [2.45, 2.75) is 46.1 Å². The number of carbonyl (C=O) groups excluding carboxylic acids is 1. The predicted octanol–water partition coefficient (Wildman–Crippen LogP) is 4.23. The van der Waals surface area contributed by atoms with Gasteiger partial charge in [-0.2, -0.15) is 0 Å². The van der Waals surface area contributed by atoms with E-state index in [2.05, 4.69) is 13.8 Å². The summed E-state index contributed by atoms with van der Waals surface area (Å²) in [5.74, 6) is 0.916. The maximum Gasteiger partial charge on any atom is 0.166 e. The van der Waals surface area contributed by atoms with Gasteiger partial charge >= 0.3 is 0 Å². The first-order valence-electron chi connectivity index (χ1n) is 6.95. The van der Waals surface area contributed by atoms with E-state index >= 15 is 0 Å². The Bertz CT molecular complexity index is 470. The third kappa shape index (κ3) is 3.14. The van der Waals surface area contributed by atoms with E-state index in [1.54, 1.807) is 12.1 Å². The first-order chi connectivity index (χ1) is 8.99. The van der Waals surface area contributed by atoms with Crippen molar-refractivity contribution >= 4 is 5.78 Å². The highest BCUT2D eigenvalue weighted by Gasteiger charge is 2.27. The van der Waals surface area contributed by atoms with Crippen molar-refractivity contribution in [1.29, 1.82) is 0 Å². The van der Waals surface area contributed by atoms with Gasteiger partial charge in [-0.15, -0.1) is 0 Å². The number of hydrogen-bond acceptors (Lipinski definition) is 2. The van der Waals surface area contributed by atoms with Crippen molar-refractivity contribution in [3.63, 3.8) is 0 Å². The van der Waals surface area contributed by atoms with Crippen molar-refractivity contribution in [3.8, 4) is 5.75 Å². The zero-order valence-corrected chi connectivity index (χ0v) is 11.8. The number of Topliss-reactive ketones (excluding diaryl/α,β-unsaturated/α-hetero) is 1. The number of benzene rings is 1. The Labute approximate surface area is 114 Å². The summed E-state index contributed by atoms with van der Waals surface area (Å²) < 4.78 is 19.6. The van der Waals surface area contributed by atoms with Crippen LogP contribution in [0, 0.1) is 17.7 Å². The van der Waals surface area contributed by atoms with Gasteiger partial charge in [-0.1, -0.05) is 19.9 Å². The van der Waals surface area contributed by atoms with Crippen LogP contribution in [0.4, 0.5) is 4.39 Å². The van der Waals surface area contributed by atoms with E-state index in [1.807, 2.05) is 0 Å². The average molecular weight is 264 g/mol. The molecule has 0 aliphatic heterocycles.